The van der Waals surface area contributed by atoms with E-state index in [-0.39, 0.29) is 0 Å². The molecule has 1 N–H and O–H groups in total. The molecule has 0 bridgehead atoms. The van der Waals surface area contributed by atoms with Crippen LogP contribution in [-0.2, 0) is 15.6 Å². The predicted molar refractivity (Wildman–Crippen MR) is 116 cm³/mol. The molecule has 152 valence electrons. The lowest BCUT2D eigenvalue weighted by Gasteiger charge is -2.28. The highest BCUT2D eigenvalue weighted by Crippen LogP contribution is 2.51. The minimum Gasteiger partial charge on any atom is -0.366 e. The van der Waals surface area contributed by atoms with Gasteiger partial charge in [-0.25, -0.2) is 8.42 Å². The minimum absolute atomic E-state index is 0.293. The van der Waals surface area contributed by atoms with Crippen molar-refractivity contribution in [2.24, 2.45) is 10.2 Å². The van der Waals surface area contributed by atoms with Gasteiger partial charge in [0.2, 0.25) is 10.0 Å². The van der Waals surface area contributed by atoms with E-state index >= 15 is 0 Å². The van der Waals surface area contributed by atoms with Gasteiger partial charge in [0.1, 0.15) is 11.7 Å². The van der Waals surface area contributed by atoms with E-state index < -0.39 is 21.7 Å². The van der Waals surface area contributed by atoms with Gasteiger partial charge in [-0.15, -0.1) is 0 Å². The first-order chi connectivity index (χ1) is 14.5. The largest absolute Gasteiger partial charge is 0.366 e. The fraction of sp³-hybridized carbons (Fsp3) is 0.217. The van der Waals surface area contributed by atoms with E-state index in [9.17, 15) is 8.42 Å². The highest BCUT2D eigenvalue weighted by molar-refractivity contribution is 7.89. The van der Waals surface area contributed by atoms with Crippen molar-refractivity contribution in [2.45, 2.75) is 29.9 Å². The third kappa shape index (κ3) is 2.93. The number of fused-ring (bicyclic) bond motifs is 3. The van der Waals surface area contributed by atoms with Crippen LogP contribution < -0.4 is 5.32 Å². The van der Waals surface area contributed by atoms with E-state index in [1.165, 1.54) is 4.31 Å². The Morgan fingerprint density at radius 2 is 1.67 bits per heavy atom. The van der Waals surface area contributed by atoms with E-state index in [0.29, 0.717) is 17.9 Å². The third-order valence-electron chi connectivity index (χ3n) is 5.87. The summed E-state index contributed by atoms with van der Waals surface area (Å²) in [7, 11) is -3.68. The molecule has 0 saturated carbocycles. The standard InChI is InChI=1S/C23H22N4O2S/c1-17-11-13-19(14-12-17)30(28,29)27-16-15-23(26-25-18-7-3-2-4-8-18)20-9-5-6-10-21(20)24-22(23)27/h2-14,22,24H,15-16H2,1H3/t22-,23+/m0/s1. The van der Waals surface area contributed by atoms with Crippen LogP contribution in [0.1, 0.15) is 17.5 Å². The first-order valence-electron chi connectivity index (χ1n) is 9.93. The zero-order chi connectivity index (χ0) is 20.8. The number of hydrogen-bond acceptors (Lipinski definition) is 5. The summed E-state index contributed by atoms with van der Waals surface area (Å²) in [6.07, 6.45) is 0.0389. The molecule has 0 amide bonds. The summed E-state index contributed by atoms with van der Waals surface area (Å²) in [4.78, 5) is 0.293. The molecule has 2 aliphatic heterocycles. The molecule has 2 atom stereocenters. The Kier molecular flexibility index (Phi) is 4.45. The average molecular weight is 419 g/mol. The normalized spacial score (nSPS) is 23.3. The molecule has 5 rings (SSSR count). The molecule has 6 nitrogen and oxygen atoms in total. The first-order valence-corrected chi connectivity index (χ1v) is 11.4. The summed E-state index contributed by atoms with van der Waals surface area (Å²) in [6, 6.07) is 24.4. The van der Waals surface area contributed by atoms with Crippen LogP contribution in [-0.4, -0.2) is 25.4 Å². The number of anilines is 1. The lowest BCUT2D eigenvalue weighted by Crippen LogP contribution is -2.45. The number of hydrogen-bond donors (Lipinski definition) is 1. The van der Waals surface area contributed by atoms with Crippen LogP contribution in [0, 0.1) is 6.92 Å². The summed E-state index contributed by atoms with van der Waals surface area (Å²) < 4.78 is 28.5. The number of aryl methyl sites for hydroxylation is 1. The molecular formula is C23H22N4O2S. The maximum Gasteiger partial charge on any atom is 0.244 e. The van der Waals surface area contributed by atoms with Crippen molar-refractivity contribution in [3.8, 4) is 0 Å². The van der Waals surface area contributed by atoms with Gasteiger partial charge in [-0.05, 0) is 43.7 Å². The number of rotatable bonds is 4. The summed E-state index contributed by atoms with van der Waals surface area (Å²) in [6.45, 7) is 2.31. The lowest BCUT2D eigenvalue weighted by atomic mass is 9.90. The second kappa shape index (κ2) is 7.04. The van der Waals surface area contributed by atoms with Crippen LogP contribution in [0.25, 0.3) is 0 Å². The second-order valence-corrected chi connectivity index (χ2v) is 9.62. The highest BCUT2D eigenvalue weighted by atomic mass is 32.2. The van der Waals surface area contributed by atoms with E-state index in [0.717, 1.165) is 22.5 Å². The van der Waals surface area contributed by atoms with Crippen LogP contribution in [0.5, 0.6) is 0 Å². The third-order valence-corrected chi connectivity index (χ3v) is 7.75. The van der Waals surface area contributed by atoms with Crippen LogP contribution >= 0.6 is 0 Å². The van der Waals surface area contributed by atoms with Gasteiger partial charge in [0.15, 0.2) is 0 Å². The fourth-order valence-electron chi connectivity index (χ4n) is 4.30. The molecule has 0 radical (unpaired) electrons. The van der Waals surface area contributed by atoms with Gasteiger partial charge in [-0.3, -0.25) is 0 Å². The molecule has 2 heterocycles. The SMILES string of the molecule is Cc1ccc(S(=O)(=O)N2CC[C@@]3(N=Nc4ccccc4)c4ccccc4N[C@@H]23)cc1. The maximum absolute atomic E-state index is 13.5. The second-order valence-electron chi connectivity index (χ2n) is 7.73. The van der Waals surface area contributed by atoms with Crippen molar-refractivity contribution >= 4 is 21.4 Å². The van der Waals surface area contributed by atoms with E-state index in [4.69, 9.17) is 5.11 Å². The molecule has 3 aromatic rings. The smallest absolute Gasteiger partial charge is 0.244 e. The van der Waals surface area contributed by atoms with E-state index in [2.05, 4.69) is 10.4 Å². The van der Waals surface area contributed by atoms with Crippen molar-refractivity contribution in [1.29, 1.82) is 0 Å². The Hall–Kier alpha value is -3.03. The van der Waals surface area contributed by atoms with Gasteiger partial charge in [0, 0.05) is 17.8 Å². The molecule has 0 aliphatic carbocycles. The number of para-hydroxylation sites is 1. The molecule has 3 aromatic carbocycles. The maximum atomic E-state index is 13.5. The van der Waals surface area contributed by atoms with E-state index in [1.807, 2.05) is 73.7 Å². The van der Waals surface area contributed by atoms with Crippen LogP contribution in [0.2, 0.25) is 0 Å². The molecule has 0 spiro atoms. The van der Waals surface area contributed by atoms with Gasteiger partial charge in [-0.1, -0.05) is 54.1 Å². The molecule has 7 heteroatoms. The van der Waals surface area contributed by atoms with Crippen LogP contribution in [0.3, 0.4) is 0 Å². The highest BCUT2D eigenvalue weighted by Gasteiger charge is 2.58. The molecule has 1 saturated heterocycles. The Bertz CT molecular complexity index is 1210. The first kappa shape index (κ1) is 19.0. The zero-order valence-corrected chi connectivity index (χ0v) is 17.4. The van der Waals surface area contributed by atoms with Crippen LogP contribution in [0.4, 0.5) is 11.4 Å². The quantitative estimate of drug-likeness (QED) is 0.617. The van der Waals surface area contributed by atoms with E-state index in [1.54, 1.807) is 12.1 Å². The fourth-order valence-corrected chi connectivity index (χ4v) is 5.88. The van der Waals surface area contributed by atoms with Gasteiger partial charge in [0.05, 0.1) is 10.6 Å². The summed E-state index contributed by atoms with van der Waals surface area (Å²) in [5, 5.41) is 12.6. The van der Waals surface area contributed by atoms with Crippen molar-refractivity contribution in [3.05, 3.63) is 90.0 Å². The number of sulfonamides is 1. The van der Waals surface area contributed by atoms with Crippen molar-refractivity contribution in [2.75, 3.05) is 11.9 Å². The average Bonchev–Trinajstić information content (AvgIpc) is 3.28. The van der Waals surface area contributed by atoms with Gasteiger partial charge >= 0.3 is 0 Å². The Morgan fingerprint density at radius 1 is 0.967 bits per heavy atom. The van der Waals surface area contributed by atoms with Crippen LogP contribution in [0.15, 0.2) is 94.0 Å². The Balaban J connectivity index is 1.58. The van der Waals surface area contributed by atoms with Crippen molar-refractivity contribution < 1.29 is 8.42 Å². The molecule has 1 fully saturated rings. The molecule has 2 aliphatic rings. The van der Waals surface area contributed by atoms with Gasteiger partial charge in [0.25, 0.3) is 0 Å². The number of benzene rings is 3. The summed E-state index contributed by atoms with van der Waals surface area (Å²) in [5.41, 5.74) is 2.89. The van der Waals surface area contributed by atoms with Gasteiger partial charge < -0.3 is 5.32 Å². The summed E-state index contributed by atoms with van der Waals surface area (Å²) >= 11 is 0. The predicted octanol–water partition coefficient (Wildman–Crippen LogP) is 4.82. The minimum atomic E-state index is -3.68. The zero-order valence-electron chi connectivity index (χ0n) is 16.6. The molecule has 30 heavy (non-hydrogen) atoms. The lowest BCUT2D eigenvalue weighted by molar-refractivity contribution is 0.342. The Morgan fingerprint density at radius 3 is 2.43 bits per heavy atom. The topological polar surface area (TPSA) is 74.1 Å². The monoisotopic (exact) mass is 418 g/mol. The molecule has 0 unspecified atom stereocenters. The summed E-state index contributed by atoms with van der Waals surface area (Å²) in [5.74, 6) is 0. The molecular weight excluding hydrogens is 396 g/mol. The van der Waals surface area contributed by atoms with Crippen molar-refractivity contribution in [1.82, 2.24) is 4.31 Å². The number of azo groups is 1. The molecule has 0 aromatic heterocycles. The number of nitrogens with one attached hydrogen (secondary N) is 1. The van der Waals surface area contributed by atoms with Crippen molar-refractivity contribution in [3.63, 3.8) is 0 Å². The van der Waals surface area contributed by atoms with Gasteiger partial charge in [-0.2, -0.15) is 14.5 Å². The Labute approximate surface area is 176 Å². The number of nitrogens with zero attached hydrogens (tertiary/aromatic N) is 3.